The van der Waals surface area contributed by atoms with E-state index in [-0.39, 0.29) is 29.6 Å². The number of aryl methyl sites for hydroxylation is 1. The minimum absolute atomic E-state index is 0.231. The molecule has 0 radical (unpaired) electrons. The molecule has 144 valence electrons. The zero-order valence-electron chi connectivity index (χ0n) is 15.4. The number of rotatable bonds is 3. The highest BCUT2D eigenvalue weighted by Crippen LogP contribution is 2.19. The Bertz CT molecular complexity index is 1120. The molecule has 2 aromatic carbocycles. The SMILES string of the molecule is Cc1ccc(S(=O)(=O)N2CCN(C(=O)c3cnc4ccccc4n3)CC2)cc1. The lowest BCUT2D eigenvalue weighted by atomic mass is 10.2. The molecule has 4 rings (SSSR count). The minimum atomic E-state index is -3.55. The Morgan fingerprint density at radius 2 is 1.57 bits per heavy atom. The van der Waals surface area contributed by atoms with Crippen molar-refractivity contribution in [1.82, 2.24) is 19.2 Å². The molecule has 7 nitrogen and oxygen atoms in total. The molecule has 1 amide bonds. The quantitative estimate of drug-likeness (QED) is 0.677. The molecular weight excluding hydrogens is 376 g/mol. The number of nitrogens with zero attached hydrogens (tertiary/aromatic N) is 4. The van der Waals surface area contributed by atoms with E-state index in [1.165, 1.54) is 10.5 Å². The van der Waals surface area contributed by atoms with Crippen LogP contribution in [-0.2, 0) is 10.0 Å². The van der Waals surface area contributed by atoms with Crippen molar-refractivity contribution in [3.05, 3.63) is 66.0 Å². The van der Waals surface area contributed by atoms with Crippen molar-refractivity contribution in [3.63, 3.8) is 0 Å². The van der Waals surface area contributed by atoms with Crippen molar-refractivity contribution in [2.45, 2.75) is 11.8 Å². The first kappa shape index (κ1) is 18.5. The van der Waals surface area contributed by atoms with Crippen LogP contribution in [-0.4, -0.2) is 59.7 Å². The van der Waals surface area contributed by atoms with E-state index in [1.54, 1.807) is 29.2 Å². The molecule has 0 unspecified atom stereocenters. The second-order valence-electron chi connectivity index (χ2n) is 6.75. The van der Waals surface area contributed by atoms with Crippen LogP contribution >= 0.6 is 0 Å². The van der Waals surface area contributed by atoms with Crippen LogP contribution in [0.15, 0.2) is 59.6 Å². The number of sulfonamides is 1. The summed E-state index contributed by atoms with van der Waals surface area (Å²) in [5, 5.41) is 0. The molecule has 3 aromatic rings. The fraction of sp³-hybridized carbons (Fsp3) is 0.250. The molecule has 1 aromatic heterocycles. The molecule has 0 spiro atoms. The monoisotopic (exact) mass is 396 g/mol. The Labute approximate surface area is 163 Å². The zero-order valence-corrected chi connectivity index (χ0v) is 16.3. The molecule has 0 bridgehead atoms. The molecule has 1 fully saturated rings. The number of aromatic nitrogens is 2. The Balaban J connectivity index is 1.47. The third-order valence-corrected chi connectivity index (χ3v) is 6.77. The number of para-hydroxylation sites is 2. The van der Waals surface area contributed by atoms with Crippen LogP contribution < -0.4 is 0 Å². The van der Waals surface area contributed by atoms with Crippen molar-refractivity contribution in [1.29, 1.82) is 0 Å². The number of amides is 1. The lowest BCUT2D eigenvalue weighted by Crippen LogP contribution is -2.50. The van der Waals surface area contributed by atoms with E-state index in [4.69, 9.17) is 0 Å². The average molecular weight is 396 g/mol. The van der Waals surface area contributed by atoms with Gasteiger partial charge in [-0.05, 0) is 31.2 Å². The van der Waals surface area contributed by atoms with Gasteiger partial charge in [0.2, 0.25) is 10.0 Å². The number of piperazine rings is 1. The van der Waals surface area contributed by atoms with E-state index in [0.717, 1.165) is 11.1 Å². The van der Waals surface area contributed by atoms with Crippen molar-refractivity contribution >= 4 is 27.0 Å². The van der Waals surface area contributed by atoms with Crippen LogP contribution in [0.3, 0.4) is 0 Å². The molecule has 1 aliphatic heterocycles. The summed E-state index contributed by atoms with van der Waals surface area (Å²) in [6.45, 7) is 3.05. The van der Waals surface area contributed by atoms with Crippen LogP contribution in [0.25, 0.3) is 11.0 Å². The Morgan fingerprint density at radius 3 is 2.25 bits per heavy atom. The summed E-state index contributed by atoms with van der Waals surface area (Å²) in [5.74, 6) is -0.231. The molecule has 8 heteroatoms. The second kappa shape index (κ2) is 7.29. The van der Waals surface area contributed by atoms with Gasteiger partial charge in [0.15, 0.2) is 0 Å². The predicted octanol–water partition coefficient (Wildman–Crippen LogP) is 2.08. The van der Waals surface area contributed by atoms with Gasteiger partial charge in [-0.3, -0.25) is 9.78 Å². The number of hydrogen-bond acceptors (Lipinski definition) is 5. The normalized spacial score (nSPS) is 15.7. The maximum absolute atomic E-state index is 12.8. The van der Waals surface area contributed by atoms with Gasteiger partial charge >= 0.3 is 0 Å². The summed E-state index contributed by atoms with van der Waals surface area (Å²) in [7, 11) is -3.55. The second-order valence-corrected chi connectivity index (χ2v) is 8.69. The van der Waals surface area contributed by atoms with Gasteiger partial charge in [0.05, 0.1) is 22.1 Å². The lowest BCUT2D eigenvalue weighted by Gasteiger charge is -2.33. The third-order valence-electron chi connectivity index (χ3n) is 4.85. The maximum atomic E-state index is 12.8. The molecule has 28 heavy (non-hydrogen) atoms. The zero-order chi connectivity index (χ0) is 19.7. The largest absolute Gasteiger partial charge is 0.335 e. The summed E-state index contributed by atoms with van der Waals surface area (Å²) >= 11 is 0. The average Bonchev–Trinajstić information content (AvgIpc) is 2.73. The maximum Gasteiger partial charge on any atom is 0.274 e. The van der Waals surface area contributed by atoms with E-state index < -0.39 is 10.0 Å². The van der Waals surface area contributed by atoms with Gasteiger partial charge in [-0.1, -0.05) is 29.8 Å². The Kier molecular flexibility index (Phi) is 4.82. The summed E-state index contributed by atoms with van der Waals surface area (Å²) < 4.78 is 27.0. The topological polar surface area (TPSA) is 83.5 Å². The van der Waals surface area contributed by atoms with Gasteiger partial charge in [-0.25, -0.2) is 13.4 Å². The van der Waals surface area contributed by atoms with Crippen LogP contribution in [0.4, 0.5) is 0 Å². The lowest BCUT2D eigenvalue weighted by molar-refractivity contribution is 0.0692. The van der Waals surface area contributed by atoms with Gasteiger partial charge in [0.1, 0.15) is 5.69 Å². The minimum Gasteiger partial charge on any atom is -0.335 e. The highest BCUT2D eigenvalue weighted by molar-refractivity contribution is 7.89. The fourth-order valence-corrected chi connectivity index (χ4v) is 4.64. The third kappa shape index (κ3) is 3.48. The smallest absolute Gasteiger partial charge is 0.274 e. The van der Waals surface area contributed by atoms with E-state index in [0.29, 0.717) is 18.6 Å². The van der Waals surface area contributed by atoms with Gasteiger partial charge in [0, 0.05) is 26.2 Å². The molecule has 0 aliphatic carbocycles. The van der Waals surface area contributed by atoms with Crippen molar-refractivity contribution < 1.29 is 13.2 Å². The molecule has 0 atom stereocenters. The number of fused-ring (bicyclic) bond motifs is 1. The number of hydrogen-bond donors (Lipinski definition) is 0. The van der Waals surface area contributed by atoms with Gasteiger partial charge < -0.3 is 4.90 Å². The summed E-state index contributed by atoms with van der Waals surface area (Å²) in [5.41, 5.74) is 2.67. The summed E-state index contributed by atoms with van der Waals surface area (Å²) in [4.78, 5) is 23.3. The Morgan fingerprint density at radius 1 is 0.929 bits per heavy atom. The standard InChI is InChI=1S/C20H20N4O3S/c1-15-6-8-16(9-7-15)28(26,27)24-12-10-23(11-13-24)20(25)19-14-21-17-4-2-3-5-18(17)22-19/h2-9,14H,10-13H2,1H3. The highest BCUT2D eigenvalue weighted by Gasteiger charge is 2.30. The molecule has 0 saturated carbocycles. The van der Waals surface area contributed by atoms with Gasteiger partial charge in [0.25, 0.3) is 5.91 Å². The van der Waals surface area contributed by atoms with Crippen molar-refractivity contribution in [2.24, 2.45) is 0 Å². The molecule has 0 N–H and O–H groups in total. The number of carbonyl (C=O) groups is 1. The first-order valence-corrected chi connectivity index (χ1v) is 10.5. The highest BCUT2D eigenvalue weighted by atomic mass is 32.2. The number of benzene rings is 2. The van der Waals surface area contributed by atoms with Crippen LogP contribution in [0.5, 0.6) is 0 Å². The van der Waals surface area contributed by atoms with Crippen LogP contribution in [0.1, 0.15) is 16.1 Å². The summed E-state index contributed by atoms with van der Waals surface area (Å²) in [6.07, 6.45) is 1.47. The number of carbonyl (C=O) groups excluding carboxylic acids is 1. The van der Waals surface area contributed by atoms with Gasteiger partial charge in [-0.15, -0.1) is 0 Å². The molecule has 2 heterocycles. The van der Waals surface area contributed by atoms with Crippen molar-refractivity contribution in [3.8, 4) is 0 Å². The Hall–Kier alpha value is -2.84. The van der Waals surface area contributed by atoms with E-state index in [9.17, 15) is 13.2 Å². The van der Waals surface area contributed by atoms with E-state index in [2.05, 4.69) is 9.97 Å². The van der Waals surface area contributed by atoms with Crippen LogP contribution in [0.2, 0.25) is 0 Å². The van der Waals surface area contributed by atoms with E-state index >= 15 is 0 Å². The molecular formula is C20H20N4O3S. The summed E-state index contributed by atoms with van der Waals surface area (Å²) in [6, 6.07) is 14.2. The first-order chi connectivity index (χ1) is 13.4. The van der Waals surface area contributed by atoms with Crippen molar-refractivity contribution in [2.75, 3.05) is 26.2 Å². The predicted molar refractivity (Wildman–Crippen MR) is 105 cm³/mol. The van der Waals surface area contributed by atoms with E-state index in [1.807, 2.05) is 31.2 Å². The fourth-order valence-electron chi connectivity index (χ4n) is 3.21. The van der Waals surface area contributed by atoms with Crippen LogP contribution in [0, 0.1) is 6.92 Å². The molecule has 1 aliphatic rings. The van der Waals surface area contributed by atoms with Gasteiger partial charge in [-0.2, -0.15) is 4.31 Å². The molecule has 1 saturated heterocycles. The first-order valence-electron chi connectivity index (χ1n) is 9.03.